The van der Waals surface area contributed by atoms with E-state index in [-0.39, 0.29) is 28.2 Å². The van der Waals surface area contributed by atoms with E-state index >= 15 is 0 Å². The number of rotatable bonds is 7. The third-order valence-electron chi connectivity index (χ3n) is 7.09. The lowest BCUT2D eigenvalue weighted by atomic mass is 9.85. The van der Waals surface area contributed by atoms with Gasteiger partial charge in [-0.3, -0.25) is 23.9 Å². The van der Waals surface area contributed by atoms with Gasteiger partial charge in [0.1, 0.15) is 11.4 Å². The van der Waals surface area contributed by atoms with Crippen LogP contribution in [0, 0.1) is 5.92 Å². The number of carbonyl (C=O) groups is 1. The molecule has 0 aliphatic heterocycles. The van der Waals surface area contributed by atoms with E-state index in [0.717, 1.165) is 24.6 Å². The SMILES string of the molecule is COc1ccc(Cl)c(-n2c(=O)n(C[C@H]3CC[C@H](NC(=O)c4cc(Cl)cnc4C(F)F)CC3)c3ccncc32)c1. The van der Waals surface area contributed by atoms with Crippen molar-refractivity contribution < 1.29 is 18.3 Å². The van der Waals surface area contributed by atoms with Gasteiger partial charge in [0.2, 0.25) is 0 Å². The van der Waals surface area contributed by atoms with Crippen LogP contribution in [0.25, 0.3) is 16.7 Å². The van der Waals surface area contributed by atoms with Gasteiger partial charge in [-0.05, 0) is 55.9 Å². The Morgan fingerprint density at radius 2 is 1.90 bits per heavy atom. The van der Waals surface area contributed by atoms with Crippen LogP contribution in [0.3, 0.4) is 0 Å². The van der Waals surface area contributed by atoms with Crippen LogP contribution in [-0.2, 0) is 6.54 Å². The highest BCUT2D eigenvalue weighted by molar-refractivity contribution is 6.32. The summed E-state index contributed by atoms with van der Waals surface area (Å²) in [6.45, 7) is 0.475. The second kappa shape index (κ2) is 11.3. The Balaban J connectivity index is 1.33. The molecule has 0 saturated heterocycles. The van der Waals surface area contributed by atoms with Crippen molar-refractivity contribution in [2.75, 3.05) is 7.11 Å². The van der Waals surface area contributed by atoms with E-state index in [2.05, 4.69) is 15.3 Å². The van der Waals surface area contributed by atoms with Crippen LogP contribution in [0.4, 0.5) is 8.78 Å². The number of halogens is 4. The normalized spacial score (nSPS) is 17.5. The van der Waals surface area contributed by atoms with Gasteiger partial charge in [-0.1, -0.05) is 23.2 Å². The predicted octanol–water partition coefficient (Wildman–Crippen LogP) is 5.82. The summed E-state index contributed by atoms with van der Waals surface area (Å²) in [6, 6.07) is 7.94. The van der Waals surface area contributed by atoms with E-state index in [1.807, 2.05) is 0 Å². The number of fused-ring (bicyclic) bond motifs is 1. The van der Waals surface area contributed by atoms with E-state index in [9.17, 15) is 18.4 Å². The Bertz CT molecular complexity index is 1580. The molecule has 0 unspecified atom stereocenters. The van der Waals surface area contributed by atoms with Crippen molar-refractivity contribution in [2.24, 2.45) is 5.92 Å². The van der Waals surface area contributed by atoms with E-state index in [0.29, 0.717) is 41.4 Å². The number of carbonyl (C=O) groups excluding carboxylic acids is 1. The van der Waals surface area contributed by atoms with E-state index in [1.165, 1.54) is 6.07 Å². The summed E-state index contributed by atoms with van der Waals surface area (Å²) in [6.07, 6.45) is 4.25. The number of hydrogen-bond donors (Lipinski definition) is 1. The average molecular weight is 576 g/mol. The lowest BCUT2D eigenvalue weighted by Gasteiger charge is -2.29. The van der Waals surface area contributed by atoms with E-state index in [1.54, 1.807) is 52.9 Å². The van der Waals surface area contributed by atoms with Crippen molar-refractivity contribution in [1.82, 2.24) is 24.4 Å². The quantitative estimate of drug-likeness (QED) is 0.299. The minimum absolute atomic E-state index is 0.114. The molecule has 0 atom stereocenters. The maximum absolute atomic E-state index is 13.7. The Labute approximate surface area is 232 Å². The fourth-order valence-electron chi connectivity index (χ4n) is 5.12. The van der Waals surface area contributed by atoms with Crippen molar-refractivity contribution in [3.8, 4) is 11.4 Å². The molecule has 1 fully saturated rings. The first-order valence-electron chi connectivity index (χ1n) is 12.4. The molecule has 1 aromatic carbocycles. The van der Waals surface area contributed by atoms with Crippen LogP contribution < -0.4 is 15.7 Å². The zero-order valence-electron chi connectivity index (χ0n) is 20.9. The number of aromatic nitrogens is 4. The molecule has 39 heavy (non-hydrogen) atoms. The molecule has 4 aromatic rings. The highest BCUT2D eigenvalue weighted by Crippen LogP contribution is 2.30. The van der Waals surface area contributed by atoms with Crippen LogP contribution in [-0.4, -0.2) is 38.2 Å². The molecular formula is C27H25Cl2F2N5O3. The number of methoxy groups -OCH3 is 1. The minimum Gasteiger partial charge on any atom is -0.497 e. The summed E-state index contributed by atoms with van der Waals surface area (Å²) in [5.41, 5.74) is 0.816. The second-order valence-electron chi connectivity index (χ2n) is 9.49. The van der Waals surface area contributed by atoms with Crippen molar-refractivity contribution >= 4 is 40.1 Å². The molecule has 8 nitrogen and oxygen atoms in total. The van der Waals surface area contributed by atoms with Crippen molar-refractivity contribution in [3.63, 3.8) is 0 Å². The third-order valence-corrected chi connectivity index (χ3v) is 7.61. The molecule has 12 heteroatoms. The van der Waals surface area contributed by atoms with Crippen LogP contribution >= 0.6 is 23.2 Å². The monoisotopic (exact) mass is 575 g/mol. The molecule has 1 aliphatic rings. The van der Waals surface area contributed by atoms with Gasteiger partial charge in [-0.25, -0.2) is 13.6 Å². The highest BCUT2D eigenvalue weighted by Gasteiger charge is 2.27. The molecule has 1 N–H and O–H groups in total. The van der Waals surface area contributed by atoms with Crippen LogP contribution in [0.1, 0.15) is 48.2 Å². The van der Waals surface area contributed by atoms with Gasteiger partial charge in [0.05, 0.1) is 45.6 Å². The summed E-state index contributed by atoms with van der Waals surface area (Å²) in [5, 5.41) is 3.37. The molecule has 3 aromatic heterocycles. The largest absolute Gasteiger partial charge is 0.497 e. The van der Waals surface area contributed by atoms with Gasteiger partial charge < -0.3 is 10.1 Å². The van der Waals surface area contributed by atoms with Gasteiger partial charge >= 0.3 is 5.69 Å². The number of pyridine rings is 2. The van der Waals surface area contributed by atoms with E-state index < -0.39 is 18.0 Å². The molecule has 5 rings (SSSR count). The molecule has 0 spiro atoms. The number of hydrogen-bond acceptors (Lipinski definition) is 5. The minimum atomic E-state index is -2.89. The van der Waals surface area contributed by atoms with Gasteiger partial charge in [-0.15, -0.1) is 0 Å². The Morgan fingerprint density at radius 1 is 1.13 bits per heavy atom. The Morgan fingerprint density at radius 3 is 2.62 bits per heavy atom. The first-order chi connectivity index (χ1) is 18.8. The van der Waals surface area contributed by atoms with Crippen molar-refractivity contribution in [2.45, 2.75) is 44.7 Å². The highest BCUT2D eigenvalue weighted by atomic mass is 35.5. The standard InChI is InChI=1S/C27H25Cl2F2N5O3/c1-39-18-6-7-20(29)22(11-18)36-23-13-32-9-8-21(23)35(27(36)38)14-15-2-4-17(5-3-15)34-26(37)19-10-16(28)12-33-24(19)25(30)31/h6-13,15,17,25H,2-5,14H2,1H3,(H,34,37)/t15-,17-. The van der Waals surface area contributed by atoms with Gasteiger partial charge in [0, 0.05) is 31.0 Å². The molecule has 1 amide bonds. The van der Waals surface area contributed by atoms with Crippen LogP contribution in [0.5, 0.6) is 5.75 Å². The van der Waals surface area contributed by atoms with Gasteiger partial charge in [0.15, 0.2) is 0 Å². The lowest BCUT2D eigenvalue weighted by Crippen LogP contribution is -2.39. The fourth-order valence-corrected chi connectivity index (χ4v) is 5.48. The topological polar surface area (TPSA) is 91.0 Å². The van der Waals surface area contributed by atoms with E-state index in [4.69, 9.17) is 27.9 Å². The van der Waals surface area contributed by atoms with Crippen LogP contribution in [0.15, 0.2) is 53.7 Å². The molecule has 0 radical (unpaired) electrons. The Kier molecular flexibility index (Phi) is 7.86. The first-order valence-corrected chi connectivity index (χ1v) is 13.2. The summed E-state index contributed by atoms with van der Waals surface area (Å²) in [4.78, 5) is 34.2. The predicted molar refractivity (Wildman–Crippen MR) is 144 cm³/mol. The number of imidazole rings is 1. The maximum atomic E-state index is 13.7. The summed E-state index contributed by atoms with van der Waals surface area (Å²) in [5.74, 6) is 0.125. The third kappa shape index (κ3) is 5.49. The molecule has 1 aliphatic carbocycles. The number of benzene rings is 1. The van der Waals surface area contributed by atoms with Crippen molar-refractivity contribution in [3.05, 3.63) is 80.7 Å². The van der Waals surface area contributed by atoms with Gasteiger partial charge in [-0.2, -0.15) is 0 Å². The maximum Gasteiger partial charge on any atom is 0.333 e. The zero-order valence-corrected chi connectivity index (χ0v) is 22.4. The number of amides is 1. The molecule has 3 heterocycles. The molecule has 204 valence electrons. The summed E-state index contributed by atoms with van der Waals surface area (Å²) >= 11 is 12.4. The van der Waals surface area contributed by atoms with Crippen LogP contribution in [0.2, 0.25) is 10.0 Å². The van der Waals surface area contributed by atoms with Gasteiger partial charge in [0.25, 0.3) is 12.3 Å². The number of ether oxygens (including phenoxy) is 1. The Hall–Kier alpha value is -3.50. The van der Waals surface area contributed by atoms with Crippen molar-refractivity contribution in [1.29, 1.82) is 0 Å². The summed E-state index contributed by atoms with van der Waals surface area (Å²) in [7, 11) is 1.54. The lowest BCUT2D eigenvalue weighted by molar-refractivity contribution is 0.0904. The fraction of sp³-hybridized carbons (Fsp3) is 0.333. The number of nitrogens with one attached hydrogen (secondary N) is 1. The second-order valence-corrected chi connectivity index (χ2v) is 10.3. The smallest absolute Gasteiger partial charge is 0.333 e. The summed E-state index contributed by atoms with van der Waals surface area (Å²) < 4.78 is 35.3. The molecule has 1 saturated carbocycles. The number of alkyl halides is 2. The molecule has 0 bridgehead atoms. The zero-order chi connectivity index (χ0) is 27.7. The average Bonchev–Trinajstić information content (AvgIpc) is 3.20. The first kappa shape index (κ1) is 27.1. The molecular weight excluding hydrogens is 551 g/mol. The number of nitrogens with zero attached hydrogens (tertiary/aromatic N) is 4.